The van der Waals surface area contributed by atoms with E-state index < -0.39 is 0 Å². The fraction of sp³-hybridized carbons (Fsp3) is 0.158. The van der Waals surface area contributed by atoms with Gasteiger partial charge in [-0.2, -0.15) is 0 Å². The largest absolute Gasteiger partial charge is 0.351 e. The van der Waals surface area contributed by atoms with Crippen LogP contribution in [0.5, 0.6) is 0 Å². The summed E-state index contributed by atoms with van der Waals surface area (Å²) in [5, 5.41) is 3.86. The molecule has 0 aliphatic carbocycles. The molecule has 0 saturated carbocycles. The maximum Gasteiger partial charge on any atom is 0.233 e. The number of nitrogens with two attached hydrogens (primary N) is 1. The average molecular weight is 387 g/mol. The number of benzene rings is 2. The van der Waals surface area contributed by atoms with E-state index in [1.807, 2.05) is 49.4 Å². The molecular formula is C19H19ClN4OS. The minimum absolute atomic E-state index is 0.0748. The fourth-order valence-corrected chi connectivity index (χ4v) is 3.32. The molecule has 26 heavy (non-hydrogen) atoms. The quantitative estimate of drug-likeness (QED) is 0.500. The standard InChI is InChI=1S/C19H19ClN4OS/c1-13(18(25)22-11-14-7-9-16(20)10-8-14)26-19-23-17(12-24(19)21)15-5-3-2-4-6-15/h2-10,12-13H,11,21H2,1H3,(H,22,25)/t13-/m1/s1. The Morgan fingerprint density at radius 2 is 1.92 bits per heavy atom. The van der Waals surface area contributed by atoms with E-state index >= 15 is 0 Å². The summed E-state index contributed by atoms with van der Waals surface area (Å²) in [5.41, 5.74) is 2.76. The maximum atomic E-state index is 12.3. The van der Waals surface area contributed by atoms with Crippen molar-refractivity contribution in [2.45, 2.75) is 23.9 Å². The third-order valence-electron chi connectivity index (χ3n) is 3.80. The Morgan fingerprint density at radius 3 is 2.62 bits per heavy atom. The SMILES string of the molecule is C[C@@H](Sc1nc(-c2ccccc2)cn1N)C(=O)NCc1ccc(Cl)cc1. The molecule has 0 spiro atoms. The number of halogens is 1. The zero-order valence-corrected chi connectivity index (χ0v) is 15.8. The van der Waals surface area contributed by atoms with Crippen molar-refractivity contribution in [2.24, 2.45) is 0 Å². The summed E-state index contributed by atoms with van der Waals surface area (Å²) in [5.74, 6) is 5.92. The maximum absolute atomic E-state index is 12.3. The molecule has 134 valence electrons. The number of rotatable bonds is 6. The number of thioether (sulfide) groups is 1. The van der Waals surface area contributed by atoms with Crippen LogP contribution in [0.1, 0.15) is 12.5 Å². The summed E-state index contributed by atoms with van der Waals surface area (Å²) < 4.78 is 1.45. The highest BCUT2D eigenvalue weighted by Crippen LogP contribution is 2.25. The molecule has 3 rings (SSSR count). The predicted octanol–water partition coefficient (Wildman–Crippen LogP) is 3.71. The highest BCUT2D eigenvalue weighted by molar-refractivity contribution is 8.00. The molecule has 0 radical (unpaired) electrons. The topological polar surface area (TPSA) is 72.9 Å². The molecule has 1 amide bonds. The Bertz CT molecular complexity index is 880. The molecule has 0 bridgehead atoms. The predicted molar refractivity (Wildman–Crippen MR) is 106 cm³/mol. The van der Waals surface area contributed by atoms with E-state index in [4.69, 9.17) is 17.4 Å². The molecule has 0 aliphatic heterocycles. The first-order valence-electron chi connectivity index (χ1n) is 8.11. The second-order valence-corrected chi connectivity index (χ2v) is 7.53. The van der Waals surface area contributed by atoms with Crippen molar-refractivity contribution < 1.29 is 4.79 Å². The third kappa shape index (κ3) is 4.59. The van der Waals surface area contributed by atoms with E-state index in [9.17, 15) is 4.79 Å². The smallest absolute Gasteiger partial charge is 0.233 e. The number of hydrogen-bond donors (Lipinski definition) is 2. The van der Waals surface area contributed by atoms with Gasteiger partial charge in [0.2, 0.25) is 5.91 Å². The number of carbonyl (C=O) groups is 1. The summed E-state index contributed by atoms with van der Waals surface area (Å²) in [6.07, 6.45) is 1.76. The van der Waals surface area contributed by atoms with Crippen molar-refractivity contribution in [3.63, 3.8) is 0 Å². The second-order valence-electron chi connectivity index (χ2n) is 5.79. The fourth-order valence-electron chi connectivity index (χ4n) is 2.36. The molecule has 5 nitrogen and oxygen atoms in total. The van der Waals surface area contributed by atoms with Crippen molar-refractivity contribution in [1.82, 2.24) is 15.0 Å². The third-order valence-corrected chi connectivity index (χ3v) is 5.13. The summed E-state index contributed by atoms with van der Waals surface area (Å²) in [7, 11) is 0. The van der Waals surface area contributed by atoms with Crippen LogP contribution in [0.2, 0.25) is 5.02 Å². The lowest BCUT2D eigenvalue weighted by molar-refractivity contribution is -0.120. The minimum Gasteiger partial charge on any atom is -0.351 e. The molecule has 0 fully saturated rings. The highest BCUT2D eigenvalue weighted by atomic mass is 35.5. The zero-order valence-electron chi connectivity index (χ0n) is 14.2. The van der Waals surface area contributed by atoms with E-state index in [1.165, 1.54) is 16.4 Å². The van der Waals surface area contributed by atoms with Gasteiger partial charge in [0.05, 0.1) is 17.1 Å². The molecule has 0 aliphatic rings. The van der Waals surface area contributed by atoms with Gasteiger partial charge in [0, 0.05) is 17.1 Å². The molecular weight excluding hydrogens is 368 g/mol. The molecule has 2 aromatic carbocycles. The number of imidazole rings is 1. The summed E-state index contributed by atoms with van der Waals surface area (Å²) in [4.78, 5) is 16.9. The lowest BCUT2D eigenvalue weighted by Crippen LogP contribution is -2.30. The van der Waals surface area contributed by atoms with Crippen LogP contribution in [0.3, 0.4) is 0 Å². The summed E-state index contributed by atoms with van der Waals surface area (Å²) >= 11 is 7.19. The van der Waals surface area contributed by atoms with Crippen LogP contribution in [0.25, 0.3) is 11.3 Å². The van der Waals surface area contributed by atoms with E-state index in [0.29, 0.717) is 16.7 Å². The van der Waals surface area contributed by atoms with Gasteiger partial charge in [0.15, 0.2) is 5.16 Å². The van der Waals surface area contributed by atoms with E-state index in [0.717, 1.165) is 16.8 Å². The van der Waals surface area contributed by atoms with Crippen LogP contribution >= 0.6 is 23.4 Å². The minimum atomic E-state index is -0.323. The van der Waals surface area contributed by atoms with E-state index in [2.05, 4.69) is 10.3 Å². The number of nitrogens with zero attached hydrogens (tertiary/aromatic N) is 2. The first-order valence-corrected chi connectivity index (χ1v) is 9.37. The van der Waals surface area contributed by atoms with Gasteiger partial charge in [-0.15, -0.1) is 0 Å². The number of hydrogen-bond acceptors (Lipinski definition) is 4. The van der Waals surface area contributed by atoms with Gasteiger partial charge in [-0.1, -0.05) is 65.8 Å². The van der Waals surface area contributed by atoms with E-state index in [1.54, 1.807) is 18.3 Å². The molecule has 1 heterocycles. The van der Waals surface area contributed by atoms with Crippen molar-refractivity contribution in [3.8, 4) is 11.3 Å². The summed E-state index contributed by atoms with van der Waals surface area (Å²) in [6.45, 7) is 2.28. The van der Waals surface area contributed by atoms with Gasteiger partial charge in [0.1, 0.15) is 0 Å². The molecule has 0 saturated heterocycles. The van der Waals surface area contributed by atoms with Crippen molar-refractivity contribution >= 4 is 29.3 Å². The number of amides is 1. The lowest BCUT2D eigenvalue weighted by atomic mass is 10.2. The molecule has 1 aromatic heterocycles. The van der Waals surface area contributed by atoms with Gasteiger partial charge >= 0.3 is 0 Å². The van der Waals surface area contributed by atoms with Gasteiger partial charge < -0.3 is 11.2 Å². The number of nitrogen functional groups attached to an aromatic ring is 1. The molecule has 3 N–H and O–H groups in total. The monoisotopic (exact) mass is 386 g/mol. The molecule has 0 unspecified atom stereocenters. The lowest BCUT2D eigenvalue weighted by Gasteiger charge is -2.11. The van der Waals surface area contributed by atoms with Crippen molar-refractivity contribution in [1.29, 1.82) is 0 Å². The van der Waals surface area contributed by atoms with Crippen molar-refractivity contribution in [2.75, 3.05) is 5.84 Å². The highest BCUT2D eigenvalue weighted by Gasteiger charge is 2.18. The van der Waals surface area contributed by atoms with Crippen LogP contribution in [-0.4, -0.2) is 20.8 Å². The first-order chi connectivity index (χ1) is 12.5. The van der Waals surface area contributed by atoms with Crippen LogP contribution in [0.15, 0.2) is 66.0 Å². The van der Waals surface area contributed by atoms with Gasteiger partial charge in [0.25, 0.3) is 0 Å². The Kier molecular flexibility index (Phi) is 5.85. The second kappa shape index (κ2) is 8.29. The molecule has 1 atom stereocenters. The Balaban J connectivity index is 1.60. The first kappa shape index (κ1) is 18.4. The average Bonchev–Trinajstić information content (AvgIpc) is 3.02. The van der Waals surface area contributed by atoms with Gasteiger partial charge in [-0.25, -0.2) is 9.66 Å². The summed E-state index contributed by atoms with van der Waals surface area (Å²) in [6, 6.07) is 17.2. The Labute approximate surface area is 161 Å². The van der Waals surface area contributed by atoms with Crippen LogP contribution in [-0.2, 0) is 11.3 Å². The van der Waals surface area contributed by atoms with Crippen molar-refractivity contribution in [3.05, 3.63) is 71.4 Å². The molecule has 7 heteroatoms. The molecule has 3 aromatic rings. The van der Waals surface area contributed by atoms with Gasteiger partial charge in [-0.3, -0.25) is 4.79 Å². The Hall–Kier alpha value is -2.44. The normalized spacial score (nSPS) is 11.9. The van der Waals surface area contributed by atoms with Gasteiger partial charge in [-0.05, 0) is 24.6 Å². The van der Waals surface area contributed by atoms with Crippen LogP contribution in [0, 0.1) is 0 Å². The number of carbonyl (C=O) groups excluding carboxylic acids is 1. The number of nitrogens with one attached hydrogen (secondary N) is 1. The zero-order chi connectivity index (χ0) is 18.5. The van der Waals surface area contributed by atoms with Crippen LogP contribution in [0.4, 0.5) is 0 Å². The number of aromatic nitrogens is 2. The Morgan fingerprint density at radius 1 is 1.23 bits per heavy atom. The van der Waals surface area contributed by atoms with Crippen LogP contribution < -0.4 is 11.2 Å². The van der Waals surface area contributed by atoms with E-state index in [-0.39, 0.29) is 11.2 Å².